The Morgan fingerprint density at radius 1 is 0.884 bits per heavy atom. The fourth-order valence-corrected chi connectivity index (χ4v) is 4.74. The van der Waals surface area contributed by atoms with Gasteiger partial charge in [0.25, 0.3) is 17.7 Å². The third kappa shape index (κ3) is 10.00. The maximum atomic E-state index is 12.7. The molecule has 4 N–H and O–H groups in total. The first kappa shape index (κ1) is 33.4. The molecule has 1 unspecified atom stereocenters. The number of hydrogen-bond acceptors (Lipinski definition) is 8. The molecule has 2 heterocycles. The summed E-state index contributed by atoms with van der Waals surface area (Å²) >= 11 is 0. The number of rotatable bonds is 14. The molecule has 0 saturated carbocycles. The van der Waals surface area contributed by atoms with E-state index >= 15 is 0 Å². The normalized spacial score (nSPS) is 16.8. The van der Waals surface area contributed by atoms with E-state index in [0.29, 0.717) is 50.1 Å². The third-order valence-electron chi connectivity index (χ3n) is 7.43. The van der Waals surface area contributed by atoms with Crippen LogP contribution in [-0.2, 0) is 28.8 Å². The lowest BCUT2D eigenvalue weighted by molar-refractivity contribution is -0.142. The molecule has 13 heteroatoms. The van der Waals surface area contributed by atoms with Crippen LogP contribution in [0.15, 0.2) is 36.4 Å². The van der Waals surface area contributed by atoms with Crippen LogP contribution in [0.4, 0.5) is 5.69 Å². The van der Waals surface area contributed by atoms with E-state index in [0.717, 1.165) is 18.0 Å². The Bertz CT molecular complexity index is 1190. The van der Waals surface area contributed by atoms with Crippen molar-refractivity contribution in [3.63, 3.8) is 0 Å². The summed E-state index contributed by atoms with van der Waals surface area (Å²) in [6.45, 7) is 6.16. The predicted octanol–water partition coefficient (Wildman–Crippen LogP) is 0.175. The van der Waals surface area contributed by atoms with Crippen LogP contribution in [0.2, 0.25) is 0 Å². The lowest BCUT2D eigenvalue weighted by Crippen LogP contribution is -2.51. The molecule has 2 atom stereocenters. The highest BCUT2D eigenvalue weighted by Gasteiger charge is 2.27. The number of nitrogens with zero attached hydrogens (tertiary/aromatic N) is 3. The van der Waals surface area contributed by atoms with Crippen molar-refractivity contribution in [2.24, 2.45) is 5.92 Å². The number of unbranched alkanes of at least 4 members (excludes halogenated alkanes) is 2. The van der Waals surface area contributed by atoms with E-state index in [1.807, 2.05) is 7.05 Å². The quantitative estimate of drug-likeness (QED) is 0.174. The number of aliphatic hydroxyl groups is 1. The summed E-state index contributed by atoms with van der Waals surface area (Å²) in [6, 6.07) is 5.46. The van der Waals surface area contributed by atoms with E-state index in [9.17, 15) is 33.9 Å². The van der Waals surface area contributed by atoms with Crippen LogP contribution in [-0.4, -0.2) is 108 Å². The fraction of sp³-hybridized carbons (Fsp3) is 0.533. The average molecular weight is 599 g/mol. The van der Waals surface area contributed by atoms with Gasteiger partial charge >= 0.3 is 0 Å². The number of imide groups is 1. The lowest BCUT2D eigenvalue weighted by Gasteiger charge is -2.33. The molecular formula is C30H42N6O7. The molecule has 43 heavy (non-hydrogen) atoms. The zero-order valence-corrected chi connectivity index (χ0v) is 25.0. The first-order valence-electron chi connectivity index (χ1n) is 14.6. The second-order valence-corrected chi connectivity index (χ2v) is 11.2. The molecule has 1 aromatic carbocycles. The summed E-state index contributed by atoms with van der Waals surface area (Å²) in [7, 11) is 1.98. The number of piperazine rings is 1. The molecule has 234 valence electrons. The SMILES string of the molecule is CC(C)[C@H](NC(=O)CCCCCN1C(=O)C=CC1=O)C(=O)NCC(=O)Nc1ccc(C(O)C(=O)N2CCN(C)CC2)cc1. The summed E-state index contributed by atoms with van der Waals surface area (Å²) in [4.78, 5) is 78.3. The van der Waals surface area contributed by atoms with E-state index < -0.39 is 24.0 Å². The highest BCUT2D eigenvalue weighted by molar-refractivity contribution is 6.12. The first-order valence-corrected chi connectivity index (χ1v) is 14.6. The van der Waals surface area contributed by atoms with Gasteiger partial charge in [0.15, 0.2) is 6.10 Å². The van der Waals surface area contributed by atoms with Crippen molar-refractivity contribution in [2.75, 3.05) is 51.6 Å². The molecule has 1 aromatic rings. The van der Waals surface area contributed by atoms with Gasteiger partial charge in [0.2, 0.25) is 17.7 Å². The van der Waals surface area contributed by atoms with Gasteiger partial charge in [0.1, 0.15) is 6.04 Å². The van der Waals surface area contributed by atoms with Crippen LogP contribution in [0.3, 0.4) is 0 Å². The predicted molar refractivity (Wildman–Crippen MR) is 158 cm³/mol. The zero-order chi connectivity index (χ0) is 31.5. The van der Waals surface area contributed by atoms with Gasteiger partial charge < -0.3 is 30.9 Å². The molecule has 0 spiro atoms. The van der Waals surface area contributed by atoms with Crippen LogP contribution >= 0.6 is 0 Å². The van der Waals surface area contributed by atoms with E-state index in [1.165, 1.54) is 12.2 Å². The van der Waals surface area contributed by atoms with Gasteiger partial charge in [-0.1, -0.05) is 32.4 Å². The Labute approximate surface area is 251 Å². The van der Waals surface area contributed by atoms with E-state index in [4.69, 9.17) is 0 Å². The Morgan fingerprint density at radius 3 is 2.12 bits per heavy atom. The summed E-state index contributed by atoms with van der Waals surface area (Å²) < 4.78 is 0. The number of carbonyl (C=O) groups is 6. The topological polar surface area (TPSA) is 168 Å². The Morgan fingerprint density at radius 2 is 1.51 bits per heavy atom. The minimum Gasteiger partial charge on any atom is -0.378 e. The third-order valence-corrected chi connectivity index (χ3v) is 7.43. The standard InChI is InChI=1S/C30H42N6O7/c1-20(2)27(33-23(37)7-5-4-6-14-36-25(39)12-13-26(36)40)29(42)31-19-24(38)32-22-10-8-21(9-11-22)28(41)30(43)35-17-15-34(3)16-18-35/h8-13,20,27-28,41H,4-7,14-19H2,1-3H3,(H,31,42)(H,32,38)(H,33,37)/t27-,28?/m0/s1. The molecule has 2 aliphatic heterocycles. The largest absolute Gasteiger partial charge is 0.378 e. The maximum absolute atomic E-state index is 12.7. The Balaban J connectivity index is 1.37. The van der Waals surface area contributed by atoms with Gasteiger partial charge in [0, 0.05) is 57.0 Å². The van der Waals surface area contributed by atoms with Crippen molar-refractivity contribution < 1.29 is 33.9 Å². The zero-order valence-electron chi connectivity index (χ0n) is 25.0. The highest BCUT2D eigenvalue weighted by Crippen LogP contribution is 2.19. The second kappa shape index (κ2) is 15.9. The molecule has 2 aliphatic rings. The minimum atomic E-state index is -1.29. The molecule has 0 aliphatic carbocycles. The molecule has 1 fully saturated rings. The van der Waals surface area contributed by atoms with E-state index in [-0.39, 0.29) is 42.5 Å². The number of amides is 6. The molecule has 1 saturated heterocycles. The van der Waals surface area contributed by atoms with Crippen LogP contribution in [0.25, 0.3) is 0 Å². The van der Waals surface area contributed by atoms with Gasteiger partial charge in [0.05, 0.1) is 6.54 Å². The van der Waals surface area contributed by atoms with Crippen molar-refractivity contribution in [3.05, 3.63) is 42.0 Å². The molecule has 0 bridgehead atoms. The van der Waals surface area contributed by atoms with Crippen LogP contribution in [0.5, 0.6) is 0 Å². The Kier molecular flexibility index (Phi) is 12.4. The van der Waals surface area contributed by atoms with Crippen molar-refractivity contribution in [3.8, 4) is 0 Å². The number of benzene rings is 1. The number of likely N-dealkylation sites (N-methyl/N-ethyl adjacent to an activating group) is 1. The van der Waals surface area contributed by atoms with Gasteiger partial charge in [-0.25, -0.2) is 0 Å². The van der Waals surface area contributed by atoms with Crippen molar-refractivity contribution in [1.29, 1.82) is 0 Å². The van der Waals surface area contributed by atoms with Crippen molar-refractivity contribution in [2.45, 2.75) is 51.7 Å². The molecule has 0 radical (unpaired) electrons. The van der Waals surface area contributed by atoms with E-state index in [2.05, 4.69) is 20.9 Å². The number of anilines is 1. The lowest BCUT2D eigenvalue weighted by atomic mass is 10.0. The molecular weight excluding hydrogens is 556 g/mol. The van der Waals surface area contributed by atoms with E-state index in [1.54, 1.807) is 43.0 Å². The van der Waals surface area contributed by atoms with Crippen LogP contribution in [0.1, 0.15) is 51.2 Å². The van der Waals surface area contributed by atoms with Gasteiger partial charge in [-0.05, 0) is 43.5 Å². The first-order chi connectivity index (χ1) is 20.5. The minimum absolute atomic E-state index is 0.183. The summed E-state index contributed by atoms with van der Waals surface area (Å²) in [5, 5.41) is 18.5. The van der Waals surface area contributed by atoms with Gasteiger partial charge in [-0.2, -0.15) is 0 Å². The Hall–Kier alpha value is -4.10. The second-order valence-electron chi connectivity index (χ2n) is 11.2. The summed E-state index contributed by atoms with van der Waals surface area (Å²) in [6.07, 6.45) is 3.11. The highest BCUT2D eigenvalue weighted by atomic mass is 16.3. The maximum Gasteiger partial charge on any atom is 0.256 e. The molecule has 13 nitrogen and oxygen atoms in total. The fourth-order valence-electron chi connectivity index (χ4n) is 4.74. The smallest absolute Gasteiger partial charge is 0.256 e. The van der Waals surface area contributed by atoms with Crippen molar-refractivity contribution >= 4 is 41.1 Å². The van der Waals surface area contributed by atoms with Crippen LogP contribution in [0, 0.1) is 5.92 Å². The van der Waals surface area contributed by atoms with Gasteiger partial charge in [-0.15, -0.1) is 0 Å². The number of aliphatic hydroxyl groups excluding tert-OH is 1. The number of hydrogen-bond donors (Lipinski definition) is 4. The molecule has 0 aromatic heterocycles. The number of nitrogens with one attached hydrogen (secondary N) is 3. The molecule has 6 amide bonds. The molecule has 3 rings (SSSR count). The summed E-state index contributed by atoms with van der Waals surface area (Å²) in [5.41, 5.74) is 0.852. The van der Waals surface area contributed by atoms with Crippen LogP contribution < -0.4 is 16.0 Å². The summed E-state index contributed by atoms with van der Waals surface area (Å²) in [5.74, 6) is -2.51. The average Bonchev–Trinajstić information content (AvgIpc) is 3.30. The monoisotopic (exact) mass is 598 g/mol. The number of carbonyl (C=O) groups excluding carboxylic acids is 6. The van der Waals surface area contributed by atoms with Gasteiger partial charge in [-0.3, -0.25) is 33.7 Å². The van der Waals surface area contributed by atoms with Crippen molar-refractivity contribution in [1.82, 2.24) is 25.3 Å².